The molecule has 3 aliphatic rings. The second-order valence-corrected chi connectivity index (χ2v) is 11.0. The Bertz CT molecular complexity index is 1270. The zero-order valence-corrected chi connectivity index (χ0v) is 22.5. The molecule has 18 heteroatoms. The number of ether oxygens (including phenoxy) is 1. The average molecular weight is 584 g/mol. The van der Waals surface area contributed by atoms with E-state index in [-0.39, 0.29) is 27.9 Å². The minimum Gasteiger partial charge on any atom is -0.477 e. The Morgan fingerprint density at radius 2 is 2.03 bits per heavy atom. The summed E-state index contributed by atoms with van der Waals surface area (Å²) in [5.74, 6) is -3.42. The number of likely N-dealkylation sites (N-methyl/N-ethyl adjacent to an activating group) is 1. The van der Waals surface area contributed by atoms with E-state index in [2.05, 4.69) is 20.8 Å². The van der Waals surface area contributed by atoms with Crippen LogP contribution >= 0.6 is 11.3 Å². The van der Waals surface area contributed by atoms with Gasteiger partial charge in [-0.3, -0.25) is 23.5 Å². The van der Waals surface area contributed by atoms with Crippen LogP contribution in [-0.4, -0.2) is 129 Å². The molecule has 0 radical (unpaired) electrons. The fourth-order valence-corrected chi connectivity index (χ4v) is 6.52. The highest BCUT2D eigenvalue weighted by Gasteiger charge is 2.57. The lowest BCUT2D eigenvalue weighted by molar-refractivity contribution is -0.150. The molecular formula is C21H25N7O9S2. The van der Waals surface area contributed by atoms with E-state index < -0.39 is 58.4 Å². The van der Waals surface area contributed by atoms with E-state index in [1.807, 2.05) is 11.9 Å². The third-order valence-corrected chi connectivity index (χ3v) is 8.58. The number of amides is 4. The third kappa shape index (κ3) is 5.76. The van der Waals surface area contributed by atoms with Crippen LogP contribution in [0.5, 0.6) is 0 Å². The fraction of sp³-hybridized carbons (Fsp3) is 0.476. The van der Waals surface area contributed by atoms with Gasteiger partial charge in [0.25, 0.3) is 11.8 Å². The molecule has 0 aliphatic carbocycles. The SMILES string of the molecule is CO/N=C(/C(=O)NC1C(=O)N2C(C(=O)O)=C(COC(=O)N3CCN(C)CC3)CS(=O)[C@H]12)c1csc(NC=O)n1. The summed E-state index contributed by atoms with van der Waals surface area (Å²) in [6, 6.07) is -1.31. The number of β-lactam (4-membered cyclic amide) rings is 1. The van der Waals surface area contributed by atoms with E-state index in [0.717, 1.165) is 16.2 Å². The number of carboxylic acid groups (broad SMARTS) is 1. The quantitative estimate of drug-likeness (QED) is 0.128. The van der Waals surface area contributed by atoms with E-state index in [1.54, 1.807) is 0 Å². The highest BCUT2D eigenvalue weighted by atomic mass is 32.2. The summed E-state index contributed by atoms with van der Waals surface area (Å²) in [5.41, 5.74) is -0.674. The van der Waals surface area contributed by atoms with E-state index in [1.165, 1.54) is 17.4 Å². The molecule has 3 aliphatic heterocycles. The second kappa shape index (κ2) is 11.9. The number of aromatic nitrogens is 1. The molecule has 4 heterocycles. The van der Waals surface area contributed by atoms with Gasteiger partial charge in [-0.1, -0.05) is 5.16 Å². The van der Waals surface area contributed by atoms with Crippen molar-refractivity contribution in [3.05, 3.63) is 22.3 Å². The Morgan fingerprint density at radius 1 is 1.31 bits per heavy atom. The van der Waals surface area contributed by atoms with Gasteiger partial charge in [0.1, 0.15) is 36.5 Å². The van der Waals surface area contributed by atoms with Crippen LogP contribution in [0.15, 0.2) is 21.8 Å². The highest BCUT2D eigenvalue weighted by Crippen LogP contribution is 2.35. The van der Waals surface area contributed by atoms with Gasteiger partial charge in [-0.25, -0.2) is 14.6 Å². The number of piperazine rings is 1. The molecular weight excluding hydrogens is 558 g/mol. The number of thiazole rings is 1. The van der Waals surface area contributed by atoms with Gasteiger partial charge in [0.05, 0.1) is 16.6 Å². The minimum atomic E-state index is -1.82. The molecule has 3 N–H and O–H groups in total. The Morgan fingerprint density at radius 3 is 2.67 bits per heavy atom. The van der Waals surface area contributed by atoms with Gasteiger partial charge in [-0.2, -0.15) is 0 Å². The molecule has 1 aromatic rings. The number of hydrogen-bond donors (Lipinski definition) is 3. The molecule has 0 spiro atoms. The summed E-state index contributed by atoms with van der Waals surface area (Å²) >= 11 is 1.02. The van der Waals surface area contributed by atoms with Gasteiger partial charge >= 0.3 is 12.1 Å². The fourth-order valence-electron chi connectivity index (χ4n) is 4.20. The first kappa shape index (κ1) is 28.1. The topological polar surface area (TPSA) is 200 Å². The van der Waals surface area contributed by atoms with Crippen LogP contribution in [0.25, 0.3) is 0 Å². The maximum atomic E-state index is 13.1. The van der Waals surface area contributed by atoms with E-state index in [4.69, 9.17) is 9.57 Å². The minimum absolute atomic E-state index is 0.0250. The van der Waals surface area contributed by atoms with Crippen molar-refractivity contribution in [2.45, 2.75) is 11.4 Å². The predicted octanol–water partition coefficient (Wildman–Crippen LogP) is -1.80. The zero-order chi connectivity index (χ0) is 28.3. The molecule has 16 nitrogen and oxygen atoms in total. The van der Waals surface area contributed by atoms with E-state index in [0.29, 0.717) is 32.6 Å². The van der Waals surface area contributed by atoms with Crippen molar-refractivity contribution >= 4 is 63.3 Å². The Kier molecular flexibility index (Phi) is 8.56. The zero-order valence-electron chi connectivity index (χ0n) is 20.8. The molecule has 3 atom stereocenters. The number of anilines is 1. The van der Waals surface area contributed by atoms with Gasteiger partial charge in [0, 0.05) is 37.1 Å². The first-order valence-corrected chi connectivity index (χ1v) is 13.8. The summed E-state index contributed by atoms with van der Waals surface area (Å²) in [4.78, 5) is 74.2. The molecule has 2 saturated heterocycles. The summed E-state index contributed by atoms with van der Waals surface area (Å²) in [6.07, 6.45) is -0.225. The van der Waals surface area contributed by atoms with Crippen LogP contribution in [-0.2, 0) is 39.6 Å². The highest BCUT2D eigenvalue weighted by molar-refractivity contribution is 7.86. The monoisotopic (exact) mass is 583 g/mol. The van der Waals surface area contributed by atoms with E-state index in [9.17, 15) is 33.3 Å². The number of rotatable bonds is 9. The molecule has 2 unspecified atom stereocenters. The molecule has 0 bridgehead atoms. The third-order valence-electron chi connectivity index (χ3n) is 6.15. The number of fused-ring (bicyclic) bond motifs is 1. The van der Waals surface area contributed by atoms with Gasteiger partial charge in [-0.15, -0.1) is 11.3 Å². The number of aliphatic carboxylic acids is 1. The van der Waals surface area contributed by atoms with Crippen molar-refractivity contribution in [3.8, 4) is 0 Å². The lowest BCUT2D eigenvalue weighted by Gasteiger charge is -2.48. The Hall–Kier alpha value is -3.90. The normalized spacial score (nSPS) is 23.5. The lowest BCUT2D eigenvalue weighted by Crippen LogP contribution is -2.74. The summed E-state index contributed by atoms with van der Waals surface area (Å²) in [7, 11) is 1.29. The predicted molar refractivity (Wildman–Crippen MR) is 136 cm³/mol. The van der Waals surface area contributed by atoms with Gasteiger partial charge in [0.2, 0.25) is 6.41 Å². The smallest absolute Gasteiger partial charge is 0.410 e. The van der Waals surface area contributed by atoms with Gasteiger partial charge in [0.15, 0.2) is 10.8 Å². The molecule has 4 rings (SSSR count). The number of carbonyl (C=O) groups excluding carboxylic acids is 4. The first-order chi connectivity index (χ1) is 18.7. The van der Waals surface area contributed by atoms with Crippen LogP contribution in [0.1, 0.15) is 5.69 Å². The summed E-state index contributed by atoms with van der Waals surface area (Å²) < 4.78 is 18.4. The summed E-state index contributed by atoms with van der Waals surface area (Å²) in [5, 5.41) is 18.7. The Balaban J connectivity index is 1.47. The molecule has 1 aromatic heterocycles. The number of nitrogens with one attached hydrogen (secondary N) is 2. The second-order valence-electron chi connectivity index (χ2n) is 8.60. The van der Waals surface area contributed by atoms with Crippen molar-refractivity contribution < 1.29 is 42.9 Å². The molecule has 0 aromatic carbocycles. The Labute approximate surface area is 228 Å². The van der Waals surface area contributed by atoms with Gasteiger partial charge < -0.3 is 35.1 Å². The van der Waals surface area contributed by atoms with Crippen LogP contribution < -0.4 is 10.6 Å². The van der Waals surface area contributed by atoms with Crippen LogP contribution in [0.2, 0.25) is 0 Å². The summed E-state index contributed by atoms with van der Waals surface area (Å²) in [6.45, 7) is 1.77. The largest absolute Gasteiger partial charge is 0.477 e. The molecule has 0 saturated carbocycles. The number of carbonyl (C=O) groups is 5. The van der Waals surface area contributed by atoms with E-state index >= 15 is 0 Å². The molecule has 39 heavy (non-hydrogen) atoms. The van der Waals surface area contributed by atoms with Crippen molar-refractivity contribution in [2.75, 3.05) is 58.0 Å². The van der Waals surface area contributed by atoms with Crippen LogP contribution in [0, 0.1) is 0 Å². The first-order valence-electron chi connectivity index (χ1n) is 11.5. The maximum Gasteiger partial charge on any atom is 0.410 e. The van der Waals surface area contributed by atoms with Crippen molar-refractivity contribution in [2.24, 2.45) is 5.16 Å². The molecule has 2 fully saturated rings. The molecule has 210 valence electrons. The van der Waals surface area contributed by atoms with Crippen molar-refractivity contribution in [1.29, 1.82) is 0 Å². The number of nitrogens with zero attached hydrogens (tertiary/aromatic N) is 5. The van der Waals surface area contributed by atoms with Gasteiger partial charge in [-0.05, 0) is 7.05 Å². The van der Waals surface area contributed by atoms with Crippen molar-refractivity contribution in [3.63, 3.8) is 0 Å². The number of carboxylic acids is 1. The van der Waals surface area contributed by atoms with Crippen LogP contribution in [0.3, 0.4) is 0 Å². The number of oxime groups is 1. The molecule has 4 amide bonds. The average Bonchev–Trinajstić information content (AvgIpc) is 3.37. The standard InChI is InChI=1S/C21H25N7O9S2/c1-26-3-5-27(6-4-26)21(34)37-7-11-9-39(35)18-14(17(31)28(18)15(11)19(32)33)24-16(30)13(25-36-2)12-8-38-20(23-12)22-10-29/h8,10,14,18H,3-7,9H2,1-2H3,(H,24,30)(H,32,33)(H,22,23,29)/b25-13+/t14?,18-,39?/m1/s1. The van der Waals surface area contributed by atoms with Crippen LogP contribution in [0.4, 0.5) is 9.93 Å². The number of hydrogen-bond acceptors (Lipinski definition) is 12. The maximum absolute atomic E-state index is 13.1. The lowest BCUT2D eigenvalue weighted by atomic mass is 10.0. The van der Waals surface area contributed by atoms with Crippen molar-refractivity contribution in [1.82, 2.24) is 25.0 Å².